The van der Waals surface area contributed by atoms with E-state index in [-0.39, 0.29) is 42.1 Å². The number of non-ortho nitro benzene ring substituents is 1. The van der Waals surface area contributed by atoms with E-state index in [4.69, 9.17) is 29.0 Å². The largest absolute Gasteiger partial charge is 0.515 e. The van der Waals surface area contributed by atoms with Crippen molar-refractivity contribution in [2.24, 2.45) is 0 Å². The maximum absolute atomic E-state index is 14.0. The van der Waals surface area contributed by atoms with Gasteiger partial charge in [0.05, 0.1) is 33.9 Å². The maximum Gasteiger partial charge on any atom is 0.515 e. The Kier molecular flexibility index (Phi) is 7.51. The molecule has 0 aliphatic carbocycles. The molecule has 6 rings (SSSR count). The summed E-state index contributed by atoms with van der Waals surface area (Å²) < 4.78 is 17.9. The van der Waals surface area contributed by atoms with Gasteiger partial charge in [-0.1, -0.05) is 13.8 Å². The lowest BCUT2D eigenvalue weighted by Gasteiger charge is -2.35. The molecule has 2 aliphatic rings. The second-order valence-electron chi connectivity index (χ2n) is 12.0. The van der Waals surface area contributed by atoms with E-state index in [1.54, 1.807) is 23.6 Å². The molecule has 0 spiro atoms. The fourth-order valence-electron chi connectivity index (χ4n) is 5.82. The minimum atomic E-state index is -1.98. The zero-order chi connectivity index (χ0) is 33.0. The van der Waals surface area contributed by atoms with Crippen LogP contribution in [0.25, 0.3) is 22.3 Å². The van der Waals surface area contributed by atoms with Crippen molar-refractivity contribution in [3.63, 3.8) is 0 Å². The molecule has 238 valence electrons. The summed E-state index contributed by atoms with van der Waals surface area (Å²) in [7, 11) is 0. The summed E-state index contributed by atoms with van der Waals surface area (Å²) >= 11 is 0. The van der Waals surface area contributed by atoms with E-state index < -0.39 is 33.8 Å². The molecule has 0 saturated heterocycles. The molecule has 46 heavy (non-hydrogen) atoms. The molecule has 13 nitrogen and oxygen atoms in total. The summed E-state index contributed by atoms with van der Waals surface area (Å²) in [6, 6.07) is 11.9. The summed E-state index contributed by atoms with van der Waals surface area (Å²) in [4.78, 5) is 66.6. The van der Waals surface area contributed by atoms with Crippen molar-refractivity contribution >= 4 is 28.7 Å². The second-order valence-corrected chi connectivity index (χ2v) is 12.0. The molecule has 0 amide bonds. The Morgan fingerprint density at radius 1 is 1.07 bits per heavy atom. The Morgan fingerprint density at radius 3 is 2.43 bits per heavy atom. The molecule has 2 aliphatic heterocycles. The highest BCUT2D eigenvalue weighted by atomic mass is 17.2. The normalized spacial score (nSPS) is 16.7. The third-order valence-electron chi connectivity index (χ3n) is 7.99. The molecule has 0 fully saturated rings. The number of cyclic esters (lactones) is 1. The average molecular weight is 630 g/mol. The third kappa shape index (κ3) is 5.21. The van der Waals surface area contributed by atoms with E-state index in [0.717, 1.165) is 16.5 Å². The van der Waals surface area contributed by atoms with Gasteiger partial charge >= 0.3 is 12.1 Å². The van der Waals surface area contributed by atoms with Crippen molar-refractivity contribution in [2.45, 2.75) is 71.8 Å². The van der Waals surface area contributed by atoms with E-state index >= 15 is 0 Å². The zero-order valence-electron chi connectivity index (χ0n) is 25.9. The SMILES string of the molecule is CCc1c2c(nc3ccc(OOC(C)(C)C)cc13)-c1cc3c(c(=O)n1C2)COC(=O)C3(CC)OC(=O)Oc1ccc([N+](=O)[O-])cc1. The standard InChI is InChI=1S/C33H31N3O10/c1-6-21-22-14-20(45-46-32(3,4)5)12-13-26(22)34-28-23(21)16-35-27(28)15-25-24(29(35)37)17-42-30(38)33(25,7-2)44-31(39)43-19-10-8-18(9-11-19)36(40)41/h8-15H,6-7,16-17H2,1-5H3. The van der Waals surface area contributed by atoms with Crippen molar-refractivity contribution in [3.8, 4) is 22.9 Å². The Labute approximate surface area is 262 Å². The van der Waals surface area contributed by atoms with Gasteiger partial charge in [-0.05, 0) is 75.6 Å². The van der Waals surface area contributed by atoms with Crippen LogP contribution in [0.15, 0.2) is 53.3 Å². The van der Waals surface area contributed by atoms with E-state index in [9.17, 15) is 24.5 Å². The number of hydrogen-bond acceptors (Lipinski definition) is 11. The molecule has 0 bridgehead atoms. The number of aryl methyl sites for hydroxylation is 1. The number of hydrogen-bond donors (Lipinski definition) is 0. The van der Waals surface area contributed by atoms with Crippen LogP contribution in [0.3, 0.4) is 0 Å². The molecule has 0 radical (unpaired) electrons. The number of rotatable bonds is 7. The van der Waals surface area contributed by atoms with Gasteiger partial charge in [-0.2, -0.15) is 4.89 Å². The molecule has 2 aromatic carbocycles. The lowest BCUT2D eigenvalue weighted by molar-refractivity contribution is -0.384. The molecule has 4 aromatic rings. The summed E-state index contributed by atoms with van der Waals surface area (Å²) in [5, 5.41) is 11.8. The lowest BCUT2D eigenvalue weighted by atomic mass is 9.85. The van der Waals surface area contributed by atoms with Gasteiger partial charge in [0.2, 0.25) is 5.60 Å². The highest BCUT2D eigenvalue weighted by Gasteiger charge is 2.51. The summed E-state index contributed by atoms with van der Waals surface area (Å²) in [5.74, 6) is -0.365. The van der Waals surface area contributed by atoms with Crippen LogP contribution in [0.4, 0.5) is 10.5 Å². The molecular weight excluding hydrogens is 598 g/mol. The topological polar surface area (TPSA) is 158 Å². The highest BCUT2D eigenvalue weighted by molar-refractivity contribution is 5.90. The minimum absolute atomic E-state index is 0.0316. The fraction of sp³-hybridized carbons (Fsp3) is 0.333. The molecule has 1 unspecified atom stereocenters. The first-order valence-corrected chi connectivity index (χ1v) is 14.8. The van der Waals surface area contributed by atoms with Gasteiger partial charge in [0.1, 0.15) is 18.0 Å². The quantitative estimate of drug-likeness (QED) is 0.0695. The van der Waals surface area contributed by atoms with Crippen LogP contribution in [-0.4, -0.2) is 32.2 Å². The van der Waals surface area contributed by atoms with Crippen LogP contribution in [-0.2, 0) is 44.3 Å². The van der Waals surface area contributed by atoms with Gasteiger partial charge in [0.25, 0.3) is 11.2 Å². The van der Waals surface area contributed by atoms with E-state index in [2.05, 4.69) is 0 Å². The summed E-state index contributed by atoms with van der Waals surface area (Å²) in [6.45, 7) is 9.25. The Bertz CT molecular complexity index is 1980. The zero-order valence-corrected chi connectivity index (χ0v) is 25.9. The number of esters is 1. The number of aromatic nitrogens is 2. The number of nitro groups is 1. The number of nitro benzene ring substituents is 1. The molecule has 2 aromatic heterocycles. The monoisotopic (exact) mass is 629 g/mol. The molecular formula is C33H31N3O10. The number of nitrogens with zero attached hydrogens (tertiary/aromatic N) is 3. The second kappa shape index (κ2) is 11.2. The van der Waals surface area contributed by atoms with Crippen molar-refractivity contribution < 1.29 is 38.5 Å². The lowest BCUT2D eigenvalue weighted by Crippen LogP contribution is -2.47. The molecule has 1 atom stereocenters. The Balaban J connectivity index is 1.40. The highest BCUT2D eigenvalue weighted by Crippen LogP contribution is 2.42. The van der Waals surface area contributed by atoms with Gasteiger partial charge in [-0.25, -0.2) is 14.6 Å². The van der Waals surface area contributed by atoms with Gasteiger partial charge < -0.3 is 23.7 Å². The van der Waals surface area contributed by atoms with Gasteiger partial charge in [-0.3, -0.25) is 14.9 Å². The number of carbonyl (C=O) groups excluding carboxylic acids is 2. The van der Waals surface area contributed by atoms with Crippen LogP contribution in [0, 0.1) is 10.1 Å². The third-order valence-corrected chi connectivity index (χ3v) is 7.99. The van der Waals surface area contributed by atoms with Crippen LogP contribution >= 0.6 is 0 Å². The van der Waals surface area contributed by atoms with Crippen molar-refractivity contribution in [2.75, 3.05) is 0 Å². The Morgan fingerprint density at radius 2 is 1.78 bits per heavy atom. The number of carbonyl (C=O) groups is 2. The predicted molar refractivity (Wildman–Crippen MR) is 163 cm³/mol. The van der Waals surface area contributed by atoms with Crippen molar-refractivity contribution in [1.29, 1.82) is 0 Å². The first-order chi connectivity index (χ1) is 21.8. The molecule has 4 heterocycles. The van der Waals surface area contributed by atoms with Gasteiger partial charge in [0, 0.05) is 28.6 Å². The maximum atomic E-state index is 14.0. The molecule has 0 saturated carbocycles. The average Bonchev–Trinajstić information content (AvgIpc) is 3.38. The number of fused-ring (bicyclic) bond motifs is 5. The van der Waals surface area contributed by atoms with E-state index in [1.165, 1.54) is 24.3 Å². The number of ether oxygens (including phenoxy) is 3. The van der Waals surface area contributed by atoms with E-state index in [0.29, 0.717) is 29.1 Å². The molecule has 13 heteroatoms. The summed E-state index contributed by atoms with van der Waals surface area (Å²) in [6.07, 6.45) is -0.660. The Hall–Kier alpha value is -5.30. The fourth-order valence-corrected chi connectivity index (χ4v) is 5.82. The van der Waals surface area contributed by atoms with Crippen molar-refractivity contribution in [1.82, 2.24) is 9.55 Å². The predicted octanol–water partition coefficient (Wildman–Crippen LogP) is 5.88. The van der Waals surface area contributed by atoms with E-state index in [1.807, 2.05) is 39.8 Å². The first kappa shape index (κ1) is 30.7. The van der Waals surface area contributed by atoms with Crippen LogP contribution in [0.2, 0.25) is 0 Å². The van der Waals surface area contributed by atoms with Crippen LogP contribution < -0.4 is 15.2 Å². The van der Waals surface area contributed by atoms with Crippen molar-refractivity contribution in [3.05, 3.63) is 91.3 Å². The number of pyridine rings is 2. The van der Waals surface area contributed by atoms with Crippen LogP contribution in [0.1, 0.15) is 63.3 Å². The summed E-state index contributed by atoms with van der Waals surface area (Å²) in [5.41, 5.74) is 0.887. The number of benzene rings is 2. The van der Waals surface area contributed by atoms with Gasteiger partial charge in [-0.15, -0.1) is 0 Å². The minimum Gasteiger partial charge on any atom is -0.457 e. The smallest absolute Gasteiger partial charge is 0.457 e. The van der Waals surface area contributed by atoms with Gasteiger partial charge in [0.15, 0.2) is 5.75 Å². The van der Waals surface area contributed by atoms with Crippen LogP contribution in [0.5, 0.6) is 11.5 Å². The first-order valence-electron chi connectivity index (χ1n) is 14.8. The molecule has 0 N–H and O–H groups in total.